The average molecular weight is 257 g/mol. The van der Waals surface area contributed by atoms with Crippen LogP contribution in [0.5, 0.6) is 0 Å². The van der Waals surface area contributed by atoms with Gasteiger partial charge in [0, 0.05) is 25.0 Å². The highest BCUT2D eigenvalue weighted by Gasteiger charge is 2.13. The molecule has 0 bridgehead atoms. The van der Waals surface area contributed by atoms with Crippen LogP contribution in [0.25, 0.3) is 0 Å². The highest BCUT2D eigenvalue weighted by Crippen LogP contribution is 1.90. The Bertz CT molecular complexity index is 267. The zero-order valence-corrected chi connectivity index (χ0v) is 12.2. The zero-order valence-electron chi connectivity index (χ0n) is 12.2. The largest absolute Gasteiger partial charge is 0.354 e. The summed E-state index contributed by atoms with van der Waals surface area (Å²) in [5, 5.41) is 8.74. The van der Waals surface area contributed by atoms with Crippen molar-refractivity contribution in [3.63, 3.8) is 0 Å². The van der Waals surface area contributed by atoms with Crippen LogP contribution in [0.15, 0.2) is 0 Å². The van der Waals surface area contributed by atoms with Gasteiger partial charge in [-0.3, -0.25) is 9.59 Å². The number of amides is 2. The smallest absolute Gasteiger partial charge is 0.237 e. The highest BCUT2D eigenvalue weighted by atomic mass is 16.2. The van der Waals surface area contributed by atoms with E-state index in [0.29, 0.717) is 13.0 Å². The van der Waals surface area contributed by atoms with E-state index >= 15 is 0 Å². The zero-order chi connectivity index (χ0) is 14.1. The first-order chi connectivity index (χ1) is 8.36. The minimum absolute atomic E-state index is 0.0216. The summed E-state index contributed by atoms with van der Waals surface area (Å²) in [6, 6.07) is 0.0680. The molecule has 0 radical (unpaired) electrons. The summed E-state index contributed by atoms with van der Waals surface area (Å²) >= 11 is 0. The van der Waals surface area contributed by atoms with Crippen LogP contribution >= 0.6 is 0 Å². The second-order valence-electron chi connectivity index (χ2n) is 4.97. The molecular weight excluding hydrogens is 230 g/mol. The molecule has 0 heterocycles. The van der Waals surface area contributed by atoms with E-state index in [-0.39, 0.29) is 29.9 Å². The van der Waals surface area contributed by atoms with Crippen molar-refractivity contribution < 1.29 is 9.59 Å². The summed E-state index contributed by atoms with van der Waals surface area (Å²) in [5.74, 6) is -0.0133. The van der Waals surface area contributed by atoms with Crippen LogP contribution < -0.4 is 16.0 Å². The third kappa shape index (κ3) is 8.06. The van der Waals surface area contributed by atoms with Crippen molar-refractivity contribution in [3.05, 3.63) is 0 Å². The molecule has 5 nitrogen and oxygen atoms in total. The van der Waals surface area contributed by atoms with Crippen molar-refractivity contribution in [2.45, 2.75) is 65.6 Å². The summed E-state index contributed by atoms with van der Waals surface area (Å²) in [5.41, 5.74) is 0. The van der Waals surface area contributed by atoms with Gasteiger partial charge in [0.2, 0.25) is 11.8 Å². The van der Waals surface area contributed by atoms with E-state index in [1.807, 2.05) is 27.7 Å². The molecule has 0 aliphatic carbocycles. The quantitative estimate of drug-likeness (QED) is 0.602. The molecule has 18 heavy (non-hydrogen) atoms. The molecule has 0 saturated carbocycles. The highest BCUT2D eigenvalue weighted by molar-refractivity contribution is 5.81. The van der Waals surface area contributed by atoms with Crippen LogP contribution in [0.4, 0.5) is 0 Å². The van der Waals surface area contributed by atoms with Crippen molar-refractivity contribution in [2.24, 2.45) is 0 Å². The van der Waals surface area contributed by atoms with Gasteiger partial charge in [0.05, 0.1) is 6.04 Å². The Morgan fingerprint density at radius 1 is 1.06 bits per heavy atom. The SMILES string of the molecule is CCC(C)NC(=O)CCNC(C)C(=O)NC(C)C. The second-order valence-corrected chi connectivity index (χ2v) is 4.97. The van der Waals surface area contributed by atoms with Crippen LogP contribution in [0.3, 0.4) is 0 Å². The average Bonchev–Trinajstić information content (AvgIpc) is 2.27. The first-order valence-corrected chi connectivity index (χ1v) is 6.69. The van der Waals surface area contributed by atoms with E-state index in [1.54, 1.807) is 6.92 Å². The summed E-state index contributed by atoms with van der Waals surface area (Å²) in [4.78, 5) is 23.1. The third-order valence-corrected chi connectivity index (χ3v) is 2.65. The molecule has 2 unspecified atom stereocenters. The Morgan fingerprint density at radius 2 is 1.67 bits per heavy atom. The summed E-state index contributed by atoms with van der Waals surface area (Å²) in [7, 11) is 0. The van der Waals surface area contributed by atoms with Gasteiger partial charge >= 0.3 is 0 Å². The second kappa shape index (κ2) is 8.91. The van der Waals surface area contributed by atoms with Gasteiger partial charge in [0.1, 0.15) is 0 Å². The van der Waals surface area contributed by atoms with Gasteiger partial charge in [-0.05, 0) is 34.1 Å². The minimum Gasteiger partial charge on any atom is -0.354 e. The molecule has 0 aliphatic rings. The van der Waals surface area contributed by atoms with E-state index < -0.39 is 0 Å². The summed E-state index contributed by atoms with van der Waals surface area (Å²) < 4.78 is 0. The fraction of sp³-hybridized carbons (Fsp3) is 0.846. The summed E-state index contributed by atoms with van der Waals surface area (Å²) in [6.45, 7) is 10.2. The topological polar surface area (TPSA) is 70.2 Å². The predicted molar refractivity (Wildman–Crippen MR) is 73.3 cm³/mol. The number of rotatable bonds is 8. The lowest BCUT2D eigenvalue weighted by atomic mass is 10.2. The number of nitrogens with one attached hydrogen (secondary N) is 3. The maximum absolute atomic E-state index is 11.6. The number of carbonyl (C=O) groups is 2. The van der Waals surface area contributed by atoms with Gasteiger partial charge in [-0.1, -0.05) is 6.92 Å². The van der Waals surface area contributed by atoms with Crippen molar-refractivity contribution in [2.75, 3.05) is 6.54 Å². The molecule has 2 amide bonds. The first kappa shape index (κ1) is 16.9. The first-order valence-electron chi connectivity index (χ1n) is 6.69. The van der Waals surface area contributed by atoms with Gasteiger partial charge in [-0.15, -0.1) is 0 Å². The fourth-order valence-electron chi connectivity index (χ4n) is 1.35. The predicted octanol–water partition coefficient (Wildman–Crippen LogP) is 0.794. The molecule has 0 aromatic carbocycles. The van der Waals surface area contributed by atoms with Gasteiger partial charge in [0.25, 0.3) is 0 Å². The monoisotopic (exact) mass is 257 g/mol. The van der Waals surface area contributed by atoms with Gasteiger partial charge < -0.3 is 16.0 Å². The molecule has 3 N–H and O–H groups in total. The molecule has 0 spiro atoms. The Labute approximate surface area is 110 Å². The number of carbonyl (C=O) groups excluding carboxylic acids is 2. The van der Waals surface area contributed by atoms with Gasteiger partial charge in [0.15, 0.2) is 0 Å². The van der Waals surface area contributed by atoms with Crippen LogP contribution in [-0.4, -0.2) is 36.5 Å². The third-order valence-electron chi connectivity index (χ3n) is 2.65. The van der Waals surface area contributed by atoms with Gasteiger partial charge in [-0.25, -0.2) is 0 Å². The van der Waals surface area contributed by atoms with Crippen LogP contribution in [0, 0.1) is 0 Å². The molecule has 0 rings (SSSR count). The standard InChI is InChI=1S/C13H27N3O2/c1-6-10(4)16-12(17)7-8-14-11(5)13(18)15-9(2)3/h9-11,14H,6-8H2,1-5H3,(H,15,18)(H,16,17). The minimum atomic E-state index is -0.274. The molecule has 5 heteroatoms. The van der Waals surface area contributed by atoms with Crippen molar-refractivity contribution in [1.29, 1.82) is 0 Å². The number of hydrogen-bond donors (Lipinski definition) is 3. The van der Waals surface area contributed by atoms with Crippen LogP contribution in [0.1, 0.15) is 47.5 Å². The van der Waals surface area contributed by atoms with Crippen LogP contribution in [-0.2, 0) is 9.59 Å². The Hall–Kier alpha value is -1.10. The molecule has 106 valence electrons. The molecule has 0 aromatic rings. The van der Waals surface area contributed by atoms with E-state index in [1.165, 1.54) is 0 Å². The lowest BCUT2D eigenvalue weighted by Gasteiger charge is -2.16. The van der Waals surface area contributed by atoms with Gasteiger partial charge in [-0.2, -0.15) is 0 Å². The van der Waals surface area contributed by atoms with E-state index in [4.69, 9.17) is 0 Å². The van der Waals surface area contributed by atoms with Crippen molar-refractivity contribution in [1.82, 2.24) is 16.0 Å². The van der Waals surface area contributed by atoms with E-state index in [2.05, 4.69) is 16.0 Å². The Morgan fingerprint density at radius 3 is 2.17 bits per heavy atom. The molecule has 2 atom stereocenters. The van der Waals surface area contributed by atoms with Crippen LogP contribution in [0.2, 0.25) is 0 Å². The lowest BCUT2D eigenvalue weighted by Crippen LogP contribution is -2.45. The van der Waals surface area contributed by atoms with E-state index in [0.717, 1.165) is 6.42 Å². The van der Waals surface area contributed by atoms with E-state index in [9.17, 15) is 9.59 Å². The number of hydrogen-bond acceptors (Lipinski definition) is 3. The summed E-state index contributed by atoms with van der Waals surface area (Å²) in [6.07, 6.45) is 1.32. The molecule has 0 aromatic heterocycles. The Balaban J connectivity index is 3.77. The lowest BCUT2D eigenvalue weighted by molar-refractivity contribution is -0.124. The molecule has 0 fully saturated rings. The maximum atomic E-state index is 11.6. The molecular formula is C13H27N3O2. The Kier molecular flexibility index (Phi) is 8.37. The maximum Gasteiger partial charge on any atom is 0.237 e. The molecule has 0 aliphatic heterocycles. The van der Waals surface area contributed by atoms with Crippen molar-refractivity contribution in [3.8, 4) is 0 Å². The fourth-order valence-corrected chi connectivity index (χ4v) is 1.35. The normalized spacial score (nSPS) is 14.1. The molecule has 0 saturated heterocycles. The van der Waals surface area contributed by atoms with Crippen molar-refractivity contribution >= 4 is 11.8 Å².